The Kier molecular flexibility index (Phi) is 10.1. The van der Waals surface area contributed by atoms with Crippen LogP contribution in [0.4, 0.5) is 0 Å². The fourth-order valence-corrected chi connectivity index (χ4v) is 11.8. The van der Waals surface area contributed by atoms with Crippen molar-refractivity contribution in [3.63, 3.8) is 0 Å². The highest BCUT2D eigenvalue weighted by molar-refractivity contribution is 7.85. The summed E-state index contributed by atoms with van der Waals surface area (Å²) in [6.07, 6.45) is 5.77. The summed E-state index contributed by atoms with van der Waals surface area (Å²) < 4.78 is 15.0. The third-order valence-corrected chi connectivity index (χ3v) is 15.4. The van der Waals surface area contributed by atoms with Crippen LogP contribution in [0, 0.1) is 0 Å². The van der Waals surface area contributed by atoms with Crippen LogP contribution >= 0.6 is 7.14 Å². The SMILES string of the molecule is O=P(c1ccccc1)(c1ccccc1)c1ccc(-c2cccc(C3(c4ccc(-c5nc(-c6ccccc6)nc(-c6cccc7ccccc67)n5)cc4)CCCCC3)c2)cc1. The molecule has 1 saturated carbocycles. The zero-order valence-corrected chi connectivity index (χ0v) is 34.3. The monoisotopic (exact) mass is 793 g/mol. The van der Waals surface area contributed by atoms with Gasteiger partial charge in [-0.25, -0.2) is 15.0 Å². The number of rotatable bonds is 9. The van der Waals surface area contributed by atoms with Crippen molar-refractivity contribution >= 4 is 33.8 Å². The maximum absolute atomic E-state index is 15.0. The second-order valence-electron chi connectivity index (χ2n) is 15.8. The molecule has 1 fully saturated rings. The molecule has 8 aromatic carbocycles. The van der Waals surface area contributed by atoms with Crippen LogP contribution in [0.2, 0.25) is 0 Å². The first-order valence-electron chi connectivity index (χ1n) is 20.9. The molecule has 60 heavy (non-hydrogen) atoms. The lowest BCUT2D eigenvalue weighted by Crippen LogP contribution is -2.30. The van der Waals surface area contributed by atoms with E-state index in [4.69, 9.17) is 15.0 Å². The molecule has 0 N–H and O–H groups in total. The van der Waals surface area contributed by atoms with E-state index in [-0.39, 0.29) is 5.41 Å². The minimum atomic E-state index is -3.06. The molecule has 0 radical (unpaired) electrons. The number of nitrogens with zero attached hydrogens (tertiary/aromatic N) is 3. The summed E-state index contributed by atoms with van der Waals surface area (Å²) in [6, 6.07) is 71.1. The van der Waals surface area contributed by atoms with Gasteiger partial charge in [0, 0.05) is 38.0 Å². The predicted octanol–water partition coefficient (Wildman–Crippen LogP) is 12.6. The number of hydrogen-bond donors (Lipinski definition) is 0. The standard InChI is InChI=1S/C55H44N3OP/c59-60(47-23-7-2-8-24-47,48-25-9-3-10-26-48)49-35-31-40(32-36-49)44-21-15-22-46(39-44)55(37-13-4-14-38-55)45-33-29-43(30-34-45)53-56-52(42-18-5-1-6-19-42)57-54(58-53)51-28-16-20-41-17-11-12-27-50(41)51/h1-3,5-12,15-36,39H,4,13-14,37-38H2. The highest BCUT2D eigenvalue weighted by Crippen LogP contribution is 2.47. The zero-order chi connectivity index (χ0) is 40.4. The highest BCUT2D eigenvalue weighted by atomic mass is 31.2. The van der Waals surface area contributed by atoms with Gasteiger partial charge in [-0.3, -0.25) is 0 Å². The van der Waals surface area contributed by atoms with Crippen LogP contribution in [-0.2, 0) is 9.98 Å². The fourth-order valence-electron chi connectivity index (χ4n) is 9.18. The van der Waals surface area contributed by atoms with Crippen LogP contribution in [0.5, 0.6) is 0 Å². The van der Waals surface area contributed by atoms with E-state index in [0.29, 0.717) is 17.5 Å². The van der Waals surface area contributed by atoms with Crippen LogP contribution in [-0.4, -0.2) is 15.0 Å². The number of hydrogen-bond acceptors (Lipinski definition) is 4. The van der Waals surface area contributed by atoms with Gasteiger partial charge < -0.3 is 4.57 Å². The third kappa shape index (κ3) is 6.97. The molecule has 0 aliphatic heterocycles. The Balaban J connectivity index is 1.00. The molecule has 4 nitrogen and oxygen atoms in total. The van der Waals surface area contributed by atoms with Crippen molar-refractivity contribution in [3.05, 3.63) is 217 Å². The lowest BCUT2D eigenvalue weighted by molar-refractivity contribution is 0.346. The van der Waals surface area contributed by atoms with Crippen molar-refractivity contribution in [1.29, 1.82) is 0 Å². The summed E-state index contributed by atoms with van der Waals surface area (Å²) in [5, 5.41) is 4.78. The van der Waals surface area contributed by atoms with E-state index >= 15 is 4.57 Å². The molecule has 10 rings (SSSR count). The number of fused-ring (bicyclic) bond motifs is 1. The van der Waals surface area contributed by atoms with Crippen molar-refractivity contribution in [2.45, 2.75) is 37.5 Å². The maximum Gasteiger partial charge on any atom is 0.171 e. The number of benzene rings is 8. The van der Waals surface area contributed by atoms with E-state index in [1.807, 2.05) is 78.9 Å². The van der Waals surface area contributed by atoms with Crippen LogP contribution in [0.15, 0.2) is 206 Å². The molecule has 0 atom stereocenters. The lowest BCUT2D eigenvalue weighted by Gasteiger charge is -2.39. The van der Waals surface area contributed by atoms with Crippen LogP contribution in [0.3, 0.4) is 0 Å². The molecular weight excluding hydrogens is 750 g/mol. The molecular formula is C55H44N3OP. The van der Waals surface area contributed by atoms with Gasteiger partial charge >= 0.3 is 0 Å². The first-order chi connectivity index (χ1) is 29.6. The minimum absolute atomic E-state index is 0.120. The molecule has 9 aromatic rings. The van der Waals surface area contributed by atoms with Gasteiger partial charge in [-0.2, -0.15) is 0 Å². The molecule has 1 aromatic heterocycles. The third-order valence-electron chi connectivity index (χ3n) is 12.3. The van der Waals surface area contributed by atoms with Crippen LogP contribution < -0.4 is 15.9 Å². The maximum atomic E-state index is 15.0. The van der Waals surface area contributed by atoms with E-state index in [2.05, 4.69) is 127 Å². The van der Waals surface area contributed by atoms with Gasteiger partial charge in [0.2, 0.25) is 0 Å². The molecule has 0 spiro atoms. The summed E-state index contributed by atoms with van der Waals surface area (Å²) in [7, 11) is -3.06. The molecule has 1 heterocycles. The molecule has 0 bridgehead atoms. The molecule has 1 aliphatic rings. The minimum Gasteiger partial charge on any atom is -0.309 e. The topological polar surface area (TPSA) is 55.7 Å². The van der Waals surface area contributed by atoms with Crippen LogP contribution in [0.25, 0.3) is 56.1 Å². The van der Waals surface area contributed by atoms with Crippen LogP contribution in [0.1, 0.15) is 43.2 Å². The van der Waals surface area contributed by atoms with Gasteiger partial charge in [-0.05, 0) is 45.9 Å². The first-order valence-corrected chi connectivity index (χ1v) is 22.6. The fraction of sp³-hybridized carbons (Fsp3) is 0.109. The summed E-state index contributed by atoms with van der Waals surface area (Å²) >= 11 is 0. The molecule has 1 aliphatic carbocycles. The van der Waals surface area contributed by atoms with E-state index in [0.717, 1.165) is 67.3 Å². The van der Waals surface area contributed by atoms with E-state index in [9.17, 15) is 0 Å². The zero-order valence-electron chi connectivity index (χ0n) is 33.4. The summed E-state index contributed by atoms with van der Waals surface area (Å²) in [5.74, 6) is 1.98. The van der Waals surface area contributed by atoms with Crippen molar-refractivity contribution < 1.29 is 4.57 Å². The predicted molar refractivity (Wildman–Crippen MR) is 249 cm³/mol. The van der Waals surface area contributed by atoms with Crippen molar-refractivity contribution in [2.75, 3.05) is 0 Å². The Morgan fingerprint density at radius 1 is 0.383 bits per heavy atom. The van der Waals surface area contributed by atoms with Gasteiger partial charge in [0.05, 0.1) is 0 Å². The average Bonchev–Trinajstić information content (AvgIpc) is 3.34. The van der Waals surface area contributed by atoms with Gasteiger partial charge in [-0.1, -0.05) is 226 Å². The largest absolute Gasteiger partial charge is 0.309 e. The first kappa shape index (κ1) is 37.5. The Bertz CT molecular complexity index is 2910. The van der Waals surface area contributed by atoms with E-state index in [1.54, 1.807) is 0 Å². The second kappa shape index (κ2) is 16.1. The Morgan fingerprint density at radius 2 is 0.883 bits per heavy atom. The quantitative estimate of drug-likeness (QED) is 0.137. The Labute approximate surface area is 352 Å². The van der Waals surface area contributed by atoms with Crippen molar-refractivity contribution in [1.82, 2.24) is 15.0 Å². The van der Waals surface area contributed by atoms with Crippen molar-refractivity contribution in [2.24, 2.45) is 0 Å². The average molecular weight is 794 g/mol. The summed E-state index contributed by atoms with van der Waals surface area (Å²) in [5.41, 5.74) is 7.71. The smallest absolute Gasteiger partial charge is 0.171 e. The molecule has 5 heteroatoms. The Morgan fingerprint density at radius 3 is 1.55 bits per heavy atom. The summed E-state index contributed by atoms with van der Waals surface area (Å²) in [4.78, 5) is 15.2. The molecule has 0 unspecified atom stereocenters. The van der Waals surface area contributed by atoms with Gasteiger partial charge in [0.1, 0.15) is 0 Å². The molecule has 290 valence electrons. The highest BCUT2D eigenvalue weighted by Gasteiger charge is 2.36. The lowest BCUT2D eigenvalue weighted by atomic mass is 9.65. The van der Waals surface area contributed by atoms with Gasteiger partial charge in [0.15, 0.2) is 24.6 Å². The summed E-state index contributed by atoms with van der Waals surface area (Å²) in [6.45, 7) is 0. The van der Waals surface area contributed by atoms with Crippen molar-refractivity contribution in [3.8, 4) is 45.3 Å². The Hall–Kier alpha value is -6.74. The van der Waals surface area contributed by atoms with Gasteiger partial charge in [0.25, 0.3) is 0 Å². The van der Waals surface area contributed by atoms with E-state index < -0.39 is 7.14 Å². The molecule has 0 amide bonds. The van der Waals surface area contributed by atoms with Gasteiger partial charge in [-0.15, -0.1) is 0 Å². The second-order valence-corrected chi connectivity index (χ2v) is 18.6. The normalized spacial score (nSPS) is 13.9. The number of aromatic nitrogens is 3. The molecule has 0 saturated heterocycles. The van der Waals surface area contributed by atoms with E-state index in [1.165, 1.54) is 30.4 Å².